The van der Waals surface area contributed by atoms with Gasteiger partial charge in [0.05, 0.1) is 0 Å². The normalized spacial score (nSPS) is 11.8. The van der Waals surface area contributed by atoms with Gasteiger partial charge < -0.3 is 4.79 Å². The van der Waals surface area contributed by atoms with E-state index in [0.717, 1.165) is 11.8 Å². The van der Waals surface area contributed by atoms with Crippen LogP contribution in [0.2, 0.25) is 0 Å². The molecule has 0 aromatic heterocycles. The lowest BCUT2D eigenvalue weighted by Gasteiger charge is -2.09. The Hall–Kier alpha value is -2.22. The van der Waals surface area contributed by atoms with Crippen molar-refractivity contribution in [2.45, 2.75) is 18.8 Å². The monoisotopic (exact) mass is 252 g/mol. The average molecular weight is 252 g/mol. The van der Waals surface area contributed by atoms with E-state index in [9.17, 15) is 9.59 Å². The van der Waals surface area contributed by atoms with Crippen LogP contribution in [0.5, 0.6) is 0 Å². The number of ketones is 1. The van der Waals surface area contributed by atoms with Crippen LogP contribution in [0.3, 0.4) is 0 Å². The van der Waals surface area contributed by atoms with Gasteiger partial charge in [0, 0.05) is 17.9 Å². The van der Waals surface area contributed by atoms with E-state index in [-0.39, 0.29) is 11.7 Å². The van der Waals surface area contributed by atoms with Gasteiger partial charge in [-0.05, 0) is 12.0 Å². The molecule has 0 spiro atoms. The molecule has 2 rings (SSSR count). The predicted molar refractivity (Wildman–Crippen MR) is 75.3 cm³/mol. The van der Waals surface area contributed by atoms with Crippen LogP contribution in [-0.2, 0) is 4.79 Å². The SMILES string of the molecule is O=CC(CCC(=O)c1ccccc1)c1ccccc1. The third-order valence-electron chi connectivity index (χ3n) is 3.17. The van der Waals surface area contributed by atoms with Crippen molar-refractivity contribution < 1.29 is 9.59 Å². The van der Waals surface area contributed by atoms with Crippen LogP contribution in [0.4, 0.5) is 0 Å². The molecule has 2 aromatic carbocycles. The minimum absolute atomic E-state index is 0.0865. The predicted octanol–water partition coefficient (Wildman–Crippen LogP) is 3.63. The molecule has 0 bridgehead atoms. The molecule has 2 nitrogen and oxygen atoms in total. The first-order valence-electron chi connectivity index (χ1n) is 6.40. The van der Waals surface area contributed by atoms with Crippen LogP contribution in [0.25, 0.3) is 0 Å². The van der Waals surface area contributed by atoms with Crippen LogP contribution in [-0.4, -0.2) is 12.1 Å². The van der Waals surface area contributed by atoms with Gasteiger partial charge in [-0.25, -0.2) is 0 Å². The molecule has 0 aliphatic heterocycles. The van der Waals surface area contributed by atoms with Crippen molar-refractivity contribution in [3.8, 4) is 0 Å². The summed E-state index contributed by atoms with van der Waals surface area (Å²) in [7, 11) is 0. The lowest BCUT2D eigenvalue weighted by molar-refractivity contribution is -0.109. The second-order valence-corrected chi connectivity index (χ2v) is 4.48. The molecule has 0 aliphatic rings. The molecule has 96 valence electrons. The van der Waals surface area contributed by atoms with Gasteiger partial charge in [-0.3, -0.25) is 4.79 Å². The second kappa shape index (κ2) is 6.64. The number of Topliss-reactive ketones (excluding diaryl/α,β-unsaturated/α-hetero) is 1. The first kappa shape index (κ1) is 13.2. The van der Waals surface area contributed by atoms with E-state index in [4.69, 9.17) is 0 Å². The number of carbonyl (C=O) groups is 2. The van der Waals surface area contributed by atoms with Gasteiger partial charge >= 0.3 is 0 Å². The smallest absolute Gasteiger partial charge is 0.162 e. The number of rotatable bonds is 6. The molecule has 1 unspecified atom stereocenters. The highest BCUT2D eigenvalue weighted by molar-refractivity contribution is 5.96. The molecule has 0 aliphatic carbocycles. The number of hydrogen-bond donors (Lipinski definition) is 0. The maximum atomic E-state index is 12.0. The molecule has 2 heteroatoms. The topological polar surface area (TPSA) is 34.1 Å². The van der Waals surface area contributed by atoms with Crippen LogP contribution < -0.4 is 0 Å². The van der Waals surface area contributed by atoms with Crippen LogP contribution >= 0.6 is 0 Å². The summed E-state index contributed by atoms with van der Waals surface area (Å²) in [5.74, 6) is -0.114. The molecule has 0 heterocycles. The summed E-state index contributed by atoms with van der Waals surface area (Å²) in [5, 5.41) is 0. The molecule has 19 heavy (non-hydrogen) atoms. The van der Waals surface area contributed by atoms with Gasteiger partial charge in [0.2, 0.25) is 0 Å². The zero-order chi connectivity index (χ0) is 13.5. The van der Waals surface area contributed by atoms with E-state index in [1.54, 1.807) is 12.1 Å². The summed E-state index contributed by atoms with van der Waals surface area (Å²) < 4.78 is 0. The molecular formula is C17H16O2. The van der Waals surface area contributed by atoms with Crippen molar-refractivity contribution in [1.82, 2.24) is 0 Å². The van der Waals surface area contributed by atoms with Crippen LogP contribution in [0, 0.1) is 0 Å². The number of carbonyl (C=O) groups excluding carboxylic acids is 2. The Labute approximate surface area is 113 Å². The fourth-order valence-electron chi connectivity index (χ4n) is 2.07. The van der Waals surface area contributed by atoms with Crippen molar-refractivity contribution in [2.24, 2.45) is 0 Å². The van der Waals surface area contributed by atoms with Crippen molar-refractivity contribution in [2.75, 3.05) is 0 Å². The Morgan fingerprint density at radius 3 is 2.11 bits per heavy atom. The largest absolute Gasteiger partial charge is 0.303 e. The molecule has 0 saturated heterocycles. The first-order valence-corrected chi connectivity index (χ1v) is 6.40. The van der Waals surface area contributed by atoms with Gasteiger partial charge in [0.25, 0.3) is 0 Å². The highest BCUT2D eigenvalue weighted by Crippen LogP contribution is 2.20. The molecule has 0 saturated carbocycles. The van der Waals surface area contributed by atoms with Gasteiger partial charge in [0.1, 0.15) is 6.29 Å². The van der Waals surface area contributed by atoms with E-state index in [1.807, 2.05) is 48.5 Å². The Kier molecular flexibility index (Phi) is 4.62. The summed E-state index contributed by atoms with van der Waals surface area (Å²) in [4.78, 5) is 23.1. The van der Waals surface area contributed by atoms with Crippen molar-refractivity contribution in [3.05, 3.63) is 71.8 Å². The first-order chi connectivity index (χ1) is 9.31. The van der Waals surface area contributed by atoms with E-state index in [0.29, 0.717) is 18.4 Å². The molecular weight excluding hydrogens is 236 g/mol. The number of benzene rings is 2. The zero-order valence-corrected chi connectivity index (χ0v) is 10.7. The quantitative estimate of drug-likeness (QED) is 0.581. The Morgan fingerprint density at radius 1 is 0.947 bits per heavy atom. The van der Waals surface area contributed by atoms with Crippen LogP contribution in [0.1, 0.15) is 34.7 Å². The minimum Gasteiger partial charge on any atom is -0.303 e. The van der Waals surface area contributed by atoms with E-state index in [1.165, 1.54) is 0 Å². The number of hydrogen-bond acceptors (Lipinski definition) is 2. The fourth-order valence-corrected chi connectivity index (χ4v) is 2.07. The molecule has 2 aromatic rings. The summed E-state index contributed by atoms with van der Waals surface area (Å²) in [6, 6.07) is 18.8. The van der Waals surface area contributed by atoms with E-state index < -0.39 is 0 Å². The molecule has 1 atom stereocenters. The van der Waals surface area contributed by atoms with Crippen molar-refractivity contribution >= 4 is 12.1 Å². The van der Waals surface area contributed by atoms with Gasteiger partial charge in [-0.2, -0.15) is 0 Å². The molecule has 0 amide bonds. The molecule has 0 fully saturated rings. The summed E-state index contributed by atoms with van der Waals surface area (Å²) >= 11 is 0. The Morgan fingerprint density at radius 2 is 1.53 bits per heavy atom. The summed E-state index contributed by atoms with van der Waals surface area (Å²) in [5.41, 5.74) is 1.68. The number of aldehydes is 1. The summed E-state index contributed by atoms with van der Waals surface area (Å²) in [6.07, 6.45) is 1.87. The maximum Gasteiger partial charge on any atom is 0.162 e. The highest BCUT2D eigenvalue weighted by Gasteiger charge is 2.13. The standard InChI is InChI=1S/C17H16O2/c18-13-16(14-7-3-1-4-8-14)11-12-17(19)15-9-5-2-6-10-15/h1-10,13,16H,11-12H2. The van der Waals surface area contributed by atoms with Crippen LogP contribution in [0.15, 0.2) is 60.7 Å². The third-order valence-corrected chi connectivity index (χ3v) is 3.17. The van der Waals surface area contributed by atoms with E-state index in [2.05, 4.69) is 0 Å². The van der Waals surface area contributed by atoms with Gasteiger partial charge in [-0.15, -0.1) is 0 Å². The average Bonchev–Trinajstić information content (AvgIpc) is 2.49. The Balaban J connectivity index is 1.98. The lowest BCUT2D eigenvalue weighted by Crippen LogP contribution is -2.05. The zero-order valence-electron chi connectivity index (χ0n) is 10.7. The fraction of sp³-hybridized carbons (Fsp3) is 0.176. The second-order valence-electron chi connectivity index (χ2n) is 4.48. The summed E-state index contributed by atoms with van der Waals surface area (Å²) in [6.45, 7) is 0. The van der Waals surface area contributed by atoms with Crippen molar-refractivity contribution in [3.63, 3.8) is 0 Å². The van der Waals surface area contributed by atoms with Gasteiger partial charge in [-0.1, -0.05) is 60.7 Å². The molecule has 0 N–H and O–H groups in total. The minimum atomic E-state index is -0.200. The van der Waals surface area contributed by atoms with E-state index >= 15 is 0 Å². The van der Waals surface area contributed by atoms with Gasteiger partial charge in [0.15, 0.2) is 5.78 Å². The van der Waals surface area contributed by atoms with Crippen molar-refractivity contribution in [1.29, 1.82) is 0 Å². The highest BCUT2D eigenvalue weighted by atomic mass is 16.1. The molecule has 0 radical (unpaired) electrons. The lowest BCUT2D eigenvalue weighted by atomic mass is 9.93. The third kappa shape index (κ3) is 3.62. The maximum absolute atomic E-state index is 12.0. The Bertz CT molecular complexity index is 532.